The molecule has 0 aliphatic heterocycles. The Kier molecular flexibility index (Phi) is 8.26. The average Bonchev–Trinajstić information content (AvgIpc) is 2.83. The van der Waals surface area contributed by atoms with E-state index in [0.29, 0.717) is 23.7 Å². The Morgan fingerprint density at radius 3 is 2.31 bits per heavy atom. The summed E-state index contributed by atoms with van der Waals surface area (Å²) in [4.78, 5) is 40.0. The lowest BCUT2D eigenvalue weighted by Crippen LogP contribution is -2.39. The molecule has 7 nitrogen and oxygen atoms in total. The number of anilines is 1. The molecule has 2 aromatic carbocycles. The second-order valence-corrected chi connectivity index (χ2v) is 8.04. The number of aryl methyl sites for hydroxylation is 1. The van der Waals surface area contributed by atoms with Crippen LogP contribution in [-0.2, 0) is 17.5 Å². The van der Waals surface area contributed by atoms with Gasteiger partial charge in [-0.1, -0.05) is 50.1 Å². The van der Waals surface area contributed by atoms with Crippen LogP contribution in [0.5, 0.6) is 0 Å². The monoisotopic (exact) mass is 488 g/mol. The quantitative estimate of drug-likeness (QED) is 0.443. The number of hydrogen-bond acceptors (Lipinski definition) is 4. The molecule has 0 saturated heterocycles. The Balaban J connectivity index is 1.89. The van der Waals surface area contributed by atoms with Crippen molar-refractivity contribution < 1.29 is 22.8 Å². The molecule has 1 aromatic heterocycles. The number of hydrogen-bond donors (Lipinski definition) is 1. The smallest absolute Gasteiger partial charge is 0.328 e. The van der Waals surface area contributed by atoms with E-state index in [1.54, 1.807) is 31.2 Å². The van der Waals surface area contributed by atoms with Gasteiger partial charge in [-0.2, -0.15) is 18.3 Å². The third-order valence-electron chi connectivity index (χ3n) is 5.55. The van der Waals surface area contributed by atoms with Crippen LogP contribution in [-0.4, -0.2) is 39.6 Å². The third-order valence-corrected chi connectivity index (χ3v) is 5.55. The fourth-order valence-electron chi connectivity index (χ4n) is 3.74. The molecule has 0 atom stereocenters. The summed E-state index contributed by atoms with van der Waals surface area (Å²) in [6.07, 6.45) is -2.08. The first-order valence-electron chi connectivity index (χ1n) is 11.4. The molecule has 3 aromatic rings. The molecule has 0 saturated carbocycles. The number of amides is 2. The van der Waals surface area contributed by atoms with Crippen molar-refractivity contribution in [1.29, 1.82) is 0 Å². The van der Waals surface area contributed by atoms with Gasteiger partial charge < -0.3 is 10.2 Å². The van der Waals surface area contributed by atoms with Crippen molar-refractivity contribution in [3.8, 4) is 0 Å². The van der Waals surface area contributed by atoms with Crippen LogP contribution < -0.4 is 10.9 Å². The number of nitrogens with one attached hydrogen (secondary N) is 1. The van der Waals surface area contributed by atoms with E-state index in [1.165, 1.54) is 21.7 Å². The molecule has 0 spiro atoms. The predicted octanol–water partition coefficient (Wildman–Crippen LogP) is 4.71. The summed E-state index contributed by atoms with van der Waals surface area (Å²) >= 11 is 0. The number of fused-ring (bicyclic) bond motifs is 1. The highest BCUT2D eigenvalue weighted by atomic mass is 19.4. The molecule has 0 aliphatic rings. The Hall–Kier alpha value is -3.69. The van der Waals surface area contributed by atoms with E-state index in [0.717, 1.165) is 25.0 Å². The average molecular weight is 489 g/mol. The van der Waals surface area contributed by atoms with Gasteiger partial charge >= 0.3 is 6.18 Å². The Morgan fingerprint density at radius 2 is 1.66 bits per heavy atom. The van der Waals surface area contributed by atoms with Crippen molar-refractivity contribution in [2.75, 3.05) is 18.4 Å². The molecule has 10 heteroatoms. The van der Waals surface area contributed by atoms with Crippen LogP contribution in [0, 0.1) is 0 Å². The van der Waals surface area contributed by atoms with Gasteiger partial charge in [0.1, 0.15) is 6.54 Å². The van der Waals surface area contributed by atoms with E-state index in [4.69, 9.17) is 0 Å². The van der Waals surface area contributed by atoms with Gasteiger partial charge in [-0.3, -0.25) is 14.4 Å². The standard InChI is InChI=1S/C25H27F3N4O3/c1-3-5-10-15-32-23(34)18-12-7-6-11-17(18)22(30-32)24(35)31(4-2)16-21(33)29-20-14-9-8-13-19(20)25(26,27)28/h6-9,11-14H,3-5,10,15-16H2,1-2H3,(H,29,33). The Labute approximate surface area is 200 Å². The van der Waals surface area contributed by atoms with Gasteiger partial charge in [0.15, 0.2) is 5.69 Å². The molecule has 0 unspecified atom stereocenters. The zero-order valence-corrected chi connectivity index (χ0v) is 19.6. The number of rotatable bonds is 9. The number of para-hydroxylation sites is 1. The molecule has 3 rings (SSSR count). The maximum absolute atomic E-state index is 13.4. The fourth-order valence-corrected chi connectivity index (χ4v) is 3.74. The van der Waals surface area contributed by atoms with Gasteiger partial charge in [-0.05, 0) is 31.5 Å². The molecule has 186 valence electrons. The van der Waals surface area contributed by atoms with Gasteiger partial charge in [0.05, 0.1) is 16.6 Å². The largest absolute Gasteiger partial charge is 0.418 e. The zero-order chi connectivity index (χ0) is 25.6. The SMILES string of the molecule is CCCCCn1nc(C(=O)N(CC)CC(=O)Nc2ccccc2C(F)(F)F)c2ccccc2c1=O. The first kappa shape index (κ1) is 25.9. The maximum Gasteiger partial charge on any atom is 0.418 e. The molecule has 1 heterocycles. The van der Waals surface area contributed by atoms with Gasteiger partial charge in [0.25, 0.3) is 11.5 Å². The number of alkyl halides is 3. The number of aromatic nitrogens is 2. The van der Waals surface area contributed by atoms with Crippen LogP contribution >= 0.6 is 0 Å². The second kappa shape index (κ2) is 11.2. The van der Waals surface area contributed by atoms with Crippen LogP contribution in [0.25, 0.3) is 10.8 Å². The first-order chi connectivity index (χ1) is 16.7. The molecule has 0 radical (unpaired) electrons. The van der Waals surface area contributed by atoms with E-state index < -0.39 is 30.1 Å². The van der Waals surface area contributed by atoms with Crippen molar-refractivity contribution >= 4 is 28.3 Å². The highest BCUT2D eigenvalue weighted by Crippen LogP contribution is 2.34. The highest BCUT2D eigenvalue weighted by molar-refractivity contribution is 6.06. The number of nitrogens with zero attached hydrogens (tertiary/aromatic N) is 3. The van der Waals surface area contributed by atoms with Crippen molar-refractivity contribution in [2.24, 2.45) is 0 Å². The van der Waals surface area contributed by atoms with Crippen molar-refractivity contribution in [3.63, 3.8) is 0 Å². The van der Waals surface area contributed by atoms with Crippen molar-refractivity contribution in [1.82, 2.24) is 14.7 Å². The number of unbranched alkanes of at least 4 members (excludes halogenated alkanes) is 2. The lowest BCUT2D eigenvalue weighted by molar-refractivity contribution is -0.137. The summed E-state index contributed by atoms with van der Waals surface area (Å²) < 4.78 is 41.0. The van der Waals surface area contributed by atoms with Gasteiger partial charge in [-0.25, -0.2) is 4.68 Å². The second-order valence-electron chi connectivity index (χ2n) is 8.04. The van der Waals surface area contributed by atoms with Gasteiger partial charge in [-0.15, -0.1) is 0 Å². The number of benzene rings is 2. The van der Waals surface area contributed by atoms with E-state index in [1.807, 2.05) is 6.92 Å². The molecule has 1 N–H and O–H groups in total. The minimum Gasteiger partial charge on any atom is -0.328 e. The topological polar surface area (TPSA) is 84.3 Å². The molecular formula is C25H27F3N4O3. The van der Waals surface area contributed by atoms with E-state index in [-0.39, 0.29) is 23.5 Å². The summed E-state index contributed by atoms with van der Waals surface area (Å²) in [5.41, 5.74) is -1.66. The number of halogens is 3. The minimum atomic E-state index is -4.64. The van der Waals surface area contributed by atoms with Crippen molar-refractivity contribution in [3.05, 3.63) is 70.1 Å². The lowest BCUT2D eigenvalue weighted by Gasteiger charge is -2.22. The van der Waals surface area contributed by atoms with E-state index in [2.05, 4.69) is 10.4 Å². The van der Waals surface area contributed by atoms with Crippen LogP contribution in [0.4, 0.5) is 18.9 Å². The summed E-state index contributed by atoms with van der Waals surface area (Å²) in [6.45, 7) is 3.65. The molecule has 0 bridgehead atoms. The fraction of sp³-hybridized carbons (Fsp3) is 0.360. The summed E-state index contributed by atoms with van der Waals surface area (Å²) in [5.74, 6) is -1.37. The van der Waals surface area contributed by atoms with Crippen LogP contribution in [0.3, 0.4) is 0 Å². The van der Waals surface area contributed by atoms with Gasteiger partial charge in [0, 0.05) is 18.5 Å². The molecule has 35 heavy (non-hydrogen) atoms. The summed E-state index contributed by atoms with van der Waals surface area (Å²) in [5, 5.41) is 7.26. The molecular weight excluding hydrogens is 461 g/mol. The molecule has 0 aliphatic carbocycles. The Bertz CT molecular complexity index is 1270. The van der Waals surface area contributed by atoms with Crippen molar-refractivity contribution in [2.45, 2.75) is 45.8 Å². The number of carbonyl (C=O) groups is 2. The lowest BCUT2D eigenvalue weighted by atomic mass is 10.1. The first-order valence-corrected chi connectivity index (χ1v) is 11.4. The van der Waals surface area contributed by atoms with Crippen LogP contribution in [0.1, 0.15) is 49.2 Å². The highest BCUT2D eigenvalue weighted by Gasteiger charge is 2.33. The number of likely N-dealkylation sites (N-methyl/N-ethyl adjacent to an activating group) is 1. The minimum absolute atomic E-state index is 0.0158. The summed E-state index contributed by atoms with van der Waals surface area (Å²) in [6, 6.07) is 11.2. The summed E-state index contributed by atoms with van der Waals surface area (Å²) in [7, 11) is 0. The molecule has 0 fully saturated rings. The molecule has 2 amide bonds. The van der Waals surface area contributed by atoms with E-state index >= 15 is 0 Å². The van der Waals surface area contributed by atoms with Crippen LogP contribution in [0.2, 0.25) is 0 Å². The third kappa shape index (κ3) is 6.06. The van der Waals surface area contributed by atoms with Gasteiger partial charge in [0.2, 0.25) is 5.91 Å². The van der Waals surface area contributed by atoms with E-state index in [9.17, 15) is 27.6 Å². The predicted molar refractivity (Wildman–Crippen MR) is 127 cm³/mol. The van der Waals surface area contributed by atoms with Crippen LogP contribution in [0.15, 0.2) is 53.3 Å². The Morgan fingerprint density at radius 1 is 1.00 bits per heavy atom. The number of carbonyl (C=O) groups excluding carboxylic acids is 2. The maximum atomic E-state index is 13.4. The zero-order valence-electron chi connectivity index (χ0n) is 19.6. The normalized spacial score (nSPS) is 11.5.